The minimum Gasteiger partial charge on any atom is -0.504 e. The van der Waals surface area contributed by atoms with Gasteiger partial charge in [0.05, 0.1) is 7.11 Å². The lowest BCUT2D eigenvalue weighted by Gasteiger charge is -2.02. The van der Waals surface area contributed by atoms with E-state index in [0.29, 0.717) is 12.2 Å². The van der Waals surface area contributed by atoms with Gasteiger partial charge in [-0.1, -0.05) is 19.4 Å². The van der Waals surface area contributed by atoms with E-state index < -0.39 is 5.97 Å². The lowest BCUT2D eigenvalue weighted by atomic mass is 10.2. The maximum atomic E-state index is 9.76. The first-order valence-electron chi connectivity index (χ1n) is 5.56. The molecule has 0 aliphatic rings. The number of aryl methyl sites for hydroxylation is 1. The SMILES string of the molecule is CCCCC(=O)O.COc1cc(C)ccc1O. The smallest absolute Gasteiger partial charge is 0.303 e. The highest BCUT2D eigenvalue weighted by Gasteiger charge is 1.97. The zero-order valence-corrected chi connectivity index (χ0v) is 10.6. The van der Waals surface area contributed by atoms with Crippen LogP contribution in [0.1, 0.15) is 31.7 Å². The molecular formula is C13H20O4. The van der Waals surface area contributed by atoms with E-state index in [4.69, 9.17) is 14.9 Å². The van der Waals surface area contributed by atoms with E-state index in [-0.39, 0.29) is 5.75 Å². The molecule has 17 heavy (non-hydrogen) atoms. The number of phenols is 1. The number of aliphatic carboxylic acids is 1. The van der Waals surface area contributed by atoms with Gasteiger partial charge in [0, 0.05) is 6.42 Å². The molecule has 0 aliphatic heterocycles. The fourth-order valence-corrected chi connectivity index (χ4v) is 1.11. The van der Waals surface area contributed by atoms with Crippen molar-refractivity contribution in [1.29, 1.82) is 0 Å². The summed E-state index contributed by atoms with van der Waals surface area (Å²) in [5, 5.41) is 17.2. The number of methoxy groups -OCH3 is 1. The summed E-state index contributed by atoms with van der Waals surface area (Å²) in [5.74, 6) is 0.0231. The first-order chi connectivity index (χ1) is 8.01. The highest BCUT2D eigenvalue weighted by atomic mass is 16.5. The van der Waals surface area contributed by atoms with Gasteiger partial charge in [-0.15, -0.1) is 0 Å². The molecule has 1 aromatic rings. The van der Waals surface area contributed by atoms with Crippen molar-refractivity contribution in [2.24, 2.45) is 0 Å². The number of phenolic OH excluding ortho intramolecular Hbond substituents is 1. The van der Waals surface area contributed by atoms with Crippen LogP contribution in [0.15, 0.2) is 18.2 Å². The monoisotopic (exact) mass is 240 g/mol. The van der Waals surface area contributed by atoms with Gasteiger partial charge >= 0.3 is 5.97 Å². The third-order valence-electron chi connectivity index (χ3n) is 2.08. The van der Waals surface area contributed by atoms with Crippen LogP contribution < -0.4 is 4.74 Å². The number of hydrogen-bond donors (Lipinski definition) is 2. The molecule has 0 saturated carbocycles. The van der Waals surface area contributed by atoms with E-state index in [1.165, 1.54) is 7.11 Å². The van der Waals surface area contributed by atoms with Crippen molar-refractivity contribution in [2.45, 2.75) is 33.1 Å². The summed E-state index contributed by atoms with van der Waals surface area (Å²) >= 11 is 0. The molecule has 1 aromatic carbocycles. The van der Waals surface area contributed by atoms with Crippen molar-refractivity contribution in [1.82, 2.24) is 0 Å². The molecule has 0 aliphatic carbocycles. The van der Waals surface area contributed by atoms with Crippen molar-refractivity contribution in [3.05, 3.63) is 23.8 Å². The zero-order chi connectivity index (χ0) is 13.3. The number of carbonyl (C=O) groups is 1. The molecular weight excluding hydrogens is 220 g/mol. The highest BCUT2D eigenvalue weighted by molar-refractivity contribution is 5.66. The largest absolute Gasteiger partial charge is 0.504 e. The Kier molecular flexibility index (Phi) is 7.59. The van der Waals surface area contributed by atoms with Crippen LogP contribution in [0.4, 0.5) is 0 Å². The van der Waals surface area contributed by atoms with E-state index in [0.717, 1.165) is 18.4 Å². The van der Waals surface area contributed by atoms with E-state index in [2.05, 4.69) is 0 Å². The highest BCUT2D eigenvalue weighted by Crippen LogP contribution is 2.25. The molecule has 0 spiro atoms. The van der Waals surface area contributed by atoms with Gasteiger partial charge < -0.3 is 14.9 Å². The number of unbranched alkanes of at least 4 members (excludes halogenated alkanes) is 1. The number of aromatic hydroxyl groups is 1. The lowest BCUT2D eigenvalue weighted by Crippen LogP contribution is -1.91. The maximum Gasteiger partial charge on any atom is 0.303 e. The Morgan fingerprint density at radius 2 is 2.06 bits per heavy atom. The van der Waals surface area contributed by atoms with Gasteiger partial charge in [-0.05, 0) is 31.0 Å². The van der Waals surface area contributed by atoms with Crippen LogP contribution in [0.3, 0.4) is 0 Å². The second-order valence-corrected chi connectivity index (χ2v) is 3.67. The van der Waals surface area contributed by atoms with E-state index in [9.17, 15) is 4.79 Å². The number of ether oxygens (including phenoxy) is 1. The molecule has 4 nitrogen and oxygen atoms in total. The van der Waals surface area contributed by atoms with E-state index in [1.807, 2.05) is 19.9 Å². The summed E-state index contributed by atoms with van der Waals surface area (Å²) in [6.45, 7) is 3.92. The average molecular weight is 240 g/mol. The first-order valence-corrected chi connectivity index (χ1v) is 5.56. The van der Waals surface area contributed by atoms with Crippen LogP contribution in [0.25, 0.3) is 0 Å². The van der Waals surface area contributed by atoms with Gasteiger partial charge in [0.2, 0.25) is 0 Å². The molecule has 0 unspecified atom stereocenters. The van der Waals surface area contributed by atoms with Gasteiger partial charge in [-0.3, -0.25) is 4.79 Å². The fourth-order valence-electron chi connectivity index (χ4n) is 1.11. The molecule has 4 heteroatoms. The zero-order valence-electron chi connectivity index (χ0n) is 10.6. The predicted molar refractivity (Wildman–Crippen MR) is 66.6 cm³/mol. The molecule has 0 saturated heterocycles. The number of rotatable bonds is 4. The second kappa shape index (κ2) is 8.44. The molecule has 96 valence electrons. The Hall–Kier alpha value is -1.71. The minimum absolute atomic E-state index is 0.188. The summed E-state index contributed by atoms with van der Waals surface area (Å²) in [5.41, 5.74) is 1.08. The van der Waals surface area contributed by atoms with Crippen molar-refractivity contribution in [3.63, 3.8) is 0 Å². The number of hydrogen-bond acceptors (Lipinski definition) is 3. The molecule has 0 fully saturated rings. The Bertz CT molecular complexity index is 347. The van der Waals surface area contributed by atoms with Gasteiger partial charge in [0.1, 0.15) is 0 Å². The number of benzene rings is 1. The summed E-state index contributed by atoms with van der Waals surface area (Å²) in [6.07, 6.45) is 2.08. The molecule has 0 atom stereocenters. The third kappa shape index (κ3) is 7.22. The van der Waals surface area contributed by atoms with Gasteiger partial charge in [-0.25, -0.2) is 0 Å². The molecule has 2 N–H and O–H groups in total. The molecule has 0 amide bonds. The average Bonchev–Trinajstić information content (AvgIpc) is 2.30. The van der Waals surface area contributed by atoms with Gasteiger partial charge in [-0.2, -0.15) is 0 Å². The molecule has 0 bridgehead atoms. The summed E-state index contributed by atoms with van der Waals surface area (Å²) in [7, 11) is 1.54. The number of carboxylic acids is 1. The number of carboxylic acid groups (broad SMARTS) is 1. The Labute approximate surface area is 102 Å². The Morgan fingerprint density at radius 1 is 1.41 bits per heavy atom. The fraction of sp³-hybridized carbons (Fsp3) is 0.462. The van der Waals surface area contributed by atoms with Crippen LogP contribution in [0, 0.1) is 6.92 Å². The van der Waals surface area contributed by atoms with Crippen LogP contribution in [-0.4, -0.2) is 23.3 Å². The minimum atomic E-state index is -0.693. The van der Waals surface area contributed by atoms with Crippen molar-refractivity contribution in [2.75, 3.05) is 7.11 Å². The second-order valence-electron chi connectivity index (χ2n) is 3.67. The quantitative estimate of drug-likeness (QED) is 0.849. The van der Waals surface area contributed by atoms with Crippen molar-refractivity contribution < 1.29 is 19.7 Å². The molecule has 1 rings (SSSR count). The van der Waals surface area contributed by atoms with Crippen LogP contribution in [0.2, 0.25) is 0 Å². The van der Waals surface area contributed by atoms with Crippen LogP contribution in [-0.2, 0) is 4.79 Å². The third-order valence-corrected chi connectivity index (χ3v) is 2.08. The standard InChI is InChI=1S/C8H10O2.C5H10O2/c1-6-3-4-7(9)8(5-6)10-2;1-2-3-4-5(6)7/h3-5,9H,1-2H3;2-4H2,1H3,(H,6,7). The van der Waals surface area contributed by atoms with Gasteiger partial charge in [0.15, 0.2) is 11.5 Å². The predicted octanol–water partition coefficient (Wildman–Crippen LogP) is 2.97. The molecule has 0 heterocycles. The van der Waals surface area contributed by atoms with Gasteiger partial charge in [0.25, 0.3) is 0 Å². The van der Waals surface area contributed by atoms with E-state index in [1.54, 1.807) is 12.1 Å². The van der Waals surface area contributed by atoms with E-state index >= 15 is 0 Å². The summed E-state index contributed by atoms with van der Waals surface area (Å²) < 4.78 is 4.88. The maximum absolute atomic E-state index is 9.76. The first kappa shape index (κ1) is 15.3. The van der Waals surface area contributed by atoms with Crippen molar-refractivity contribution in [3.8, 4) is 11.5 Å². The summed E-state index contributed by atoms with van der Waals surface area (Å²) in [4.78, 5) is 9.76. The lowest BCUT2D eigenvalue weighted by molar-refractivity contribution is -0.137. The van der Waals surface area contributed by atoms with Crippen LogP contribution >= 0.6 is 0 Å². The van der Waals surface area contributed by atoms with Crippen molar-refractivity contribution >= 4 is 5.97 Å². The normalized spacial score (nSPS) is 9.12. The Balaban J connectivity index is 0.000000325. The summed E-state index contributed by atoms with van der Waals surface area (Å²) in [6, 6.07) is 5.24. The molecule has 0 aromatic heterocycles. The molecule has 0 radical (unpaired) electrons. The van der Waals surface area contributed by atoms with Crippen LogP contribution in [0.5, 0.6) is 11.5 Å². The Morgan fingerprint density at radius 3 is 2.41 bits per heavy atom. The topological polar surface area (TPSA) is 66.8 Å².